The number of imidazole rings is 1. The zero-order valence-electron chi connectivity index (χ0n) is 20.3. The summed E-state index contributed by atoms with van der Waals surface area (Å²) in [6, 6.07) is 12.1. The minimum absolute atomic E-state index is 0.0517. The highest BCUT2D eigenvalue weighted by Gasteiger charge is 2.39. The summed E-state index contributed by atoms with van der Waals surface area (Å²) < 4.78 is 46.8. The van der Waals surface area contributed by atoms with Gasteiger partial charge in [-0.05, 0) is 76.9 Å². The monoisotopic (exact) mass is 508 g/mol. The minimum Gasteiger partial charge on any atom is -0.542 e. The lowest BCUT2D eigenvalue weighted by molar-refractivity contribution is -0.514. The van der Waals surface area contributed by atoms with E-state index in [4.69, 9.17) is 9.90 Å². The molecular weight excluding hydrogens is 480 g/mol. The number of hydrogen-bond donors (Lipinski definition) is 3. The van der Waals surface area contributed by atoms with Crippen LogP contribution >= 0.6 is 0 Å². The molecule has 1 fully saturated rings. The van der Waals surface area contributed by atoms with Gasteiger partial charge in [0, 0.05) is 22.7 Å². The van der Waals surface area contributed by atoms with E-state index in [-0.39, 0.29) is 28.8 Å². The Morgan fingerprint density at radius 2 is 1.58 bits per heavy atom. The van der Waals surface area contributed by atoms with Gasteiger partial charge in [0.1, 0.15) is 11.8 Å². The van der Waals surface area contributed by atoms with E-state index in [1.165, 1.54) is 12.1 Å². The summed E-state index contributed by atoms with van der Waals surface area (Å²) in [5.74, 6) is -2.97. The number of aromatic amines is 1. The number of rotatable bonds is 3. The highest BCUT2D eigenvalue weighted by atomic mass is 19.4. The quantitative estimate of drug-likeness (QED) is 0.374. The molecule has 0 saturated carbocycles. The Morgan fingerprint density at radius 3 is 2.11 bits per heavy atom. The number of amides is 1. The number of carboxylic acid groups (broad SMARTS) is 1. The second-order valence-corrected chi connectivity index (χ2v) is 10.1. The van der Waals surface area contributed by atoms with Crippen LogP contribution in [0.5, 0.6) is 0 Å². The molecule has 0 unspecified atom stereocenters. The van der Waals surface area contributed by atoms with Crippen molar-refractivity contribution in [3.05, 3.63) is 60.3 Å². The lowest BCUT2D eigenvalue weighted by Crippen LogP contribution is -2.62. The molecule has 0 aliphatic carbocycles. The zero-order chi connectivity index (χ0) is 26.9. The third kappa shape index (κ3) is 6.60. The van der Waals surface area contributed by atoms with E-state index in [2.05, 4.69) is 43.3 Å². The van der Waals surface area contributed by atoms with Gasteiger partial charge in [-0.15, -0.1) is 0 Å². The maximum Gasteiger partial charge on any atom is 0.430 e. The van der Waals surface area contributed by atoms with E-state index >= 15 is 0 Å². The molecule has 1 saturated heterocycles. The number of alkyl halides is 3. The number of fused-ring (bicyclic) bond motifs is 1. The molecule has 4 rings (SSSR count). The first-order valence-corrected chi connectivity index (χ1v) is 11.2. The van der Waals surface area contributed by atoms with Crippen LogP contribution in [0.2, 0.25) is 0 Å². The van der Waals surface area contributed by atoms with Crippen LogP contribution in [-0.4, -0.2) is 40.2 Å². The van der Waals surface area contributed by atoms with Crippen LogP contribution < -0.4 is 20.1 Å². The number of aromatic nitrogens is 2. The molecule has 2 aromatic heterocycles. The average molecular weight is 509 g/mol. The van der Waals surface area contributed by atoms with Crippen LogP contribution in [0, 0.1) is 5.82 Å². The van der Waals surface area contributed by atoms with Gasteiger partial charge in [-0.25, -0.2) is 9.37 Å². The SMILES string of the molecule is CC1(C)CC(NC(=O)c2[nH]c(-c3ccc(F)cc3)c3cccc[n+]23)CC(C)(C)N1.O=C([O-])C(F)(F)F. The summed E-state index contributed by atoms with van der Waals surface area (Å²) in [4.78, 5) is 25.3. The number of carbonyl (C=O) groups is 2. The van der Waals surface area contributed by atoms with Crippen molar-refractivity contribution in [1.29, 1.82) is 0 Å². The predicted octanol–water partition coefficient (Wildman–Crippen LogP) is 2.90. The number of piperidine rings is 1. The molecule has 1 aliphatic heterocycles. The van der Waals surface area contributed by atoms with Gasteiger partial charge in [-0.3, -0.25) is 4.79 Å². The number of H-pyrrole nitrogens is 1. The van der Waals surface area contributed by atoms with E-state index in [0.717, 1.165) is 29.6 Å². The van der Waals surface area contributed by atoms with Crippen LogP contribution in [0.3, 0.4) is 0 Å². The maximum absolute atomic E-state index is 13.4. The van der Waals surface area contributed by atoms with Gasteiger partial charge in [0.15, 0.2) is 11.2 Å². The Labute approximate surface area is 205 Å². The normalized spacial score (nSPS) is 17.2. The van der Waals surface area contributed by atoms with Gasteiger partial charge in [0.25, 0.3) is 0 Å². The van der Waals surface area contributed by atoms with Crippen molar-refractivity contribution >= 4 is 17.4 Å². The van der Waals surface area contributed by atoms with Gasteiger partial charge >= 0.3 is 17.9 Å². The molecule has 3 N–H and O–H groups in total. The summed E-state index contributed by atoms with van der Waals surface area (Å²) in [6.45, 7) is 8.66. The van der Waals surface area contributed by atoms with E-state index < -0.39 is 12.1 Å². The largest absolute Gasteiger partial charge is 0.542 e. The van der Waals surface area contributed by atoms with Crippen molar-refractivity contribution in [2.24, 2.45) is 0 Å². The van der Waals surface area contributed by atoms with Gasteiger partial charge in [0.2, 0.25) is 0 Å². The third-order valence-electron chi connectivity index (χ3n) is 5.71. The number of nitrogens with one attached hydrogen (secondary N) is 3. The highest BCUT2D eigenvalue weighted by Crippen LogP contribution is 2.29. The molecule has 0 spiro atoms. The van der Waals surface area contributed by atoms with E-state index in [1.54, 1.807) is 12.1 Å². The Balaban J connectivity index is 0.000000454. The molecular formula is C25H28F4N4O3. The van der Waals surface area contributed by atoms with Gasteiger partial charge in [-0.1, -0.05) is 6.07 Å². The molecule has 3 aromatic rings. The predicted molar refractivity (Wildman–Crippen MR) is 122 cm³/mol. The van der Waals surface area contributed by atoms with Crippen molar-refractivity contribution in [3.63, 3.8) is 0 Å². The Bertz CT molecular complexity index is 1230. The fourth-order valence-electron chi connectivity index (χ4n) is 4.77. The Kier molecular flexibility index (Phi) is 7.45. The second-order valence-electron chi connectivity index (χ2n) is 10.1. The van der Waals surface area contributed by atoms with E-state index in [1.807, 2.05) is 28.8 Å². The number of hydrogen-bond acceptors (Lipinski definition) is 4. The molecule has 1 aromatic carbocycles. The van der Waals surface area contributed by atoms with Gasteiger partial charge in [0.05, 0.1) is 6.20 Å². The first-order chi connectivity index (χ1) is 16.6. The first-order valence-electron chi connectivity index (χ1n) is 11.2. The zero-order valence-corrected chi connectivity index (χ0v) is 20.3. The van der Waals surface area contributed by atoms with Crippen molar-refractivity contribution in [3.8, 4) is 11.3 Å². The number of aliphatic carboxylic acids is 1. The summed E-state index contributed by atoms with van der Waals surface area (Å²) in [5.41, 5.74) is 2.39. The lowest BCUT2D eigenvalue weighted by Gasteiger charge is -2.46. The molecule has 11 heteroatoms. The number of carboxylic acids is 1. The highest BCUT2D eigenvalue weighted by molar-refractivity contribution is 5.91. The van der Waals surface area contributed by atoms with Gasteiger partial charge < -0.3 is 20.5 Å². The Morgan fingerprint density at radius 1 is 1.03 bits per heavy atom. The van der Waals surface area contributed by atoms with Crippen molar-refractivity contribution < 1.29 is 36.7 Å². The smallest absolute Gasteiger partial charge is 0.430 e. The fourth-order valence-corrected chi connectivity index (χ4v) is 4.77. The molecule has 3 heterocycles. The minimum atomic E-state index is -5.19. The van der Waals surface area contributed by atoms with Crippen LogP contribution in [0.4, 0.5) is 17.6 Å². The van der Waals surface area contributed by atoms with E-state index in [9.17, 15) is 22.4 Å². The summed E-state index contributed by atoms with van der Waals surface area (Å²) in [7, 11) is 0. The van der Waals surface area contributed by atoms with Crippen LogP contribution in [0.15, 0.2) is 48.7 Å². The molecule has 0 radical (unpaired) electrons. The van der Waals surface area contributed by atoms with Gasteiger partial charge in [-0.2, -0.15) is 17.6 Å². The molecule has 1 amide bonds. The molecule has 7 nitrogen and oxygen atoms in total. The first kappa shape index (κ1) is 27.1. The molecule has 0 bridgehead atoms. The summed E-state index contributed by atoms with van der Waals surface area (Å²) in [5, 5.41) is 15.6. The number of carbonyl (C=O) groups excluding carboxylic acids is 2. The third-order valence-corrected chi connectivity index (χ3v) is 5.71. The van der Waals surface area contributed by atoms with Crippen molar-refractivity contribution in [1.82, 2.24) is 15.6 Å². The molecule has 1 aliphatic rings. The van der Waals surface area contributed by atoms with Crippen LogP contribution in [0.1, 0.15) is 51.2 Å². The van der Waals surface area contributed by atoms with Crippen molar-refractivity contribution in [2.75, 3.05) is 0 Å². The number of pyridine rings is 1. The summed E-state index contributed by atoms with van der Waals surface area (Å²) in [6.07, 6.45) is -1.61. The number of benzene rings is 1. The fraction of sp³-hybridized carbons (Fsp3) is 0.400. The topological polar surface area (TPSA) is 101 Å². The standard InChI is InChI=1S/C23H27FN4O.C2HF3O2/c1-22(2)13-17(14-23(3,4)27-22)25-21(29)20-26-19(15-8-10-16(24)11-9-15)18-7-5-6-12-28(18)20;3-2(4,5)1(6)7/h5-12,17,27H,13-14H2,1-4H3,(H,25,29);(H,6,7). The number of nitrogens with zero attached hydrogens (tertiary/aromatic N) is 1. The molecule has 0 atom stereocenters. The lowest BCUT2D eigenvalue weighted by atomic mass is 9.79. The molecule has 194 valence electrons. The number of halogens is 4. The van der Waals surface area contributed by atoms with Crippen LogP contribution in [-0.2, 0) is 4.79 Å². The van der Waals surface area contributed by atoms with E-state index in [0.29, 0.717) is 5.82 Å². The Hall–Kier alpha value is -3.47. The summed E-state index contributed by atoms with van der Waals surface area (Å²) >= 11 is 0. The maximum atomic E-state index is 13.4. The average Bonchev–Trinajstić information content (AvgIpc) is 3.12. The molecule has 36 heavy (non-hydrogen) atoms. The second kappa shape index (κ2) is 9.88. The van der Waals surface area contributed by atoms with Crippen LogP contribution in [0.25, 0.3) is 16.8 Å². The van der Waals surface area contributed by atoms with Crippen molar-refractivity contribution in [2.45, 2.75) is 63.8 Å².